The summed E-state index contributed by atoms with van der Waals surface area (Å²) in [5, 5.41) is 160. The van der Waals surface area contributed by atoms with Crippen molar-refractivity contribution in [3.63, 3.8) is 0 Å². The van der Waals surface area contributed by atoms with E-state index in [1.54, 1.807) is 0 Å². The zero-order valence-corrected chi connectivity index (χ0v) is 30.6. The van der Waals surface area contributed by atoms with Gasteiger partial charge in [-0.3, -0.25) is 9.59 Å². The second-order valence-corrected chi connectivity index (χ2v) is 13.8. The van der Waals surface area contributed by atoms with Gasteiger partial charge in [-0.05, 0) is 0 Å². The maximum absolute atomic E-state index is 12.9. The van der Waals surface area contributed by atoms with Gasteiger partial charge in [-0.1, -0.05) is 0 Å². The third-order valence-corrected chi connectivity index (χ3v) is 9.60. The Morgan fingerprint density at radius 2 is 1.28 bits per heavy atom. The van der Waals surface area contributed by atoms with Gasteiger partial charge in [-0.15, -0.1) is 0 Å². The number of carbonyl (C=O) groups excluding carboxylic acids is 2. The van der Waals surface area contributed by atoms with E-state index in [0.717, 1.165) is 13.8 Å². The van der Waals surface area contributed by atoms with Gasteiger partial charge in [0.25, 0.3) is 5.79 Å². The van der Waals surface area contributed by atoms with E-state index in [1.165, 1.54) is 0 Å². The lowest BCUT2D eigenvalue weighted by Gasteiger charge is -2.50. The van der Waals surface area contributed by atoms with Crippen LogP contribution in [0.15, 0.2) is 0 Å². The number of carboxylic acid groups (broad SMARTS) is 1. The van der Waals surface area contributed by atoms with E-state index in [2.05, 4.69) is 10.6 Å². The van der Waals surface area contributed by atoms with Crippen molar-refractivity contribution in [1.29, 1.82) is 0 Å². The highest BCUT2D eigenvalue weighted by Gasteiger charge is 2.60. The molecule has 0 aromatic heterocycles. The highest BCUT2D eigenvalue weighted by molar-refractivity contribution is 5.77. The predicted octanol–water partition coefficient (Wildman–Crippen LogP) is -10.6. The maximum Gasteiger partial charge on any atom is 0.364 e. The lowest BCUT2D eigenvalue weighted by atomic mass is 9.88. The van der Waals surface area contributed by atoms with Crippen LogP contribution in [-0.2, 0) is 42.8 Å². The summed E-state index contributed by atoms with van der Waals surface area (Å²) in [6, 6.07) is -3.44. The maximum atomic E-state index is 12.9. The first-order chi connectivity index (χ1) is 26.7. The molecule has 2 amide bonds. The van der Waals surface area contributed by atoms with Crippen molar-refractivity contribution < 1.29 is 119 Å². The van der Waals surface area contributed by atoms with Crippen molar-refractivity contribution in [2.45, 2.75) is 142 Å². The molecule has 0 unspecified atom stereocenters. The van der Waals surface area contributed by atoms with Crippen molar-refractivity contribution in [3.8, 4) is 0 Å². The van der Waals surface area contributed by atoms with Crippen LogP contribution in [0.25, 0.3) is 0 Å². The first kappa shape index (κ1) is 49.0. The van der Waals surface area contributed by atoms with Gasteiger partial charge in [0.05, 0.1) is 45.2 Å². The summed E-state index contributed by atoms with van der Waals surface area (Å²) >= 11 is 0. The van der Waals surface area contributed by atoms with E-state index in [-0.39, 0.29) is 0 Å². The molecule has 3 aliphatic rings. The van der Waals surface area contributed by atoms with Crippen LogP contribution < -0.4 is 10.6 Å². The summed E-state index contributed by atoms with van der Waals surface area (Å²) in [6.45, 7) is -3.25. The van der Waals surface area contributed by atoms with Crippen LogP contribution in [0, 0.1) is 0 Å². The second-order valence-electron chi connectivity index (χ2n) is 13.8. The molecule has 332 valence electrons. The number of aliphatic carboxylic acids is 1. The monoisotopic (exact) mass is 838 g/mol. The van der Waals surface area contributed by atoms with Gasteiger partial charge in [0.2, 0.25) is 11.8 Å². The third-order valence-electron chi connectivity index (χ3n) is 9.60. The molecule has 0 saturated carbocycles. The SMILES string of the molecule is CC(=O)N[C@H]1[C@H](OC[C@@H](O)[C@@H](O[C@@H]2O[C@H](CO)[C@H](O)[C@H](O)[C@H]2O)[C@H](O)[C@@H](O)CO)O[C@H](CO)[C@@H](O)[C@@H]1O[C@]1(C(=O)O)C[C@H](O)[C@@H](NC(C)=O)[C@H]([C@H](O)[C@H](O)CO)O1. The molecule has 57 heavy (non-hydrogen) atoms. The number of nitrogens with one attached hydrogen (secondary N) is 2. The number of aliphatic hydroxyl groups is 14. The minimum atomic E-state index is -3.10. The van der Waals surface area contributed by atoms with Crippen LogP contribution in [0.1, 0.15) is 20.3 Å². The van der Waals surface area contributed by atoms with Gasteiger partial charge in [-0.2, -0.15) is 0 Å². The van der Waals surface area contributed by atoms with Gasteiger partial charge in [0.1, 0.15) is 91.5 Å². The van der Waals surface area contributed by atoms with Gasteiger partial charge in [-0.25, -0.2) is 4.79 Å². The minimum absolute atomic E-state index is 0.792. The highest BCUT2D eigenvalue weighted by atomic mass is 16.8. The quantitative estimate of drug-likeness (QED) is 0.0574. The fraction of sp³-hybridized carbons (Fsp3) is 0.903. The van der Waals surface area contributed by atoms with Crippen LogP contribution in [0.3, 0.4) is 0 Å². The van der Waals surface area contributed by atoms with Crippen LogP contribution in [0.5, 0.6) is 0 Å². The zero-order chi connectivity index (χ0) is 43.1. The summed E-state index contributed by atoms with van der Waals surface area (Å²) in [7, 11) is 0. The molecule has 3 fully saturated rings. The van der Waals surface area contributed by atoms with E-state index in [0.29, 0.717) is 0 Å². The average molecular weight is 839 g/mol. The smallest absolute Gasteiger partial charge is 0.364 e. The zero-order valence-electron chi connectivity index (χ0n) is 30.6. The summed E-state index contributed by atoms with van der Waals surface area (Å²) in [5.41, 5.74) is 0. The van der Waals surface area contributed by atoms with Gasteiger partial charge >= 0.3 is 5.97 Å². The molecule has 3 heterocycles. The summed E-state index contributed by atoms with van der Waals surface area (Å²) in [4.78, 5) is 37.3. The molecule has 0 spiro atoms. The molecule has 0 bridgehead atoms. The van der Waals surface area contributed by atoms with Crippen molar-refractivity contribution in [2.75, 3.05) is 33.0 Å². The number of aliphatic hydroxyl groups excluding tert-OH is 14. The van der Waals surface area contributed by atoms with Crippen LogP contribution in [0.4, 0.5) is 0 Å². The van der Waals surface area contributed by atoms with E-state index in [9.17, 15) is 91.0 Å². The number of ether oxygens (including phenoxy) is 6. The Morgan fingerprint density at radius 3 is 1.81 bits per heavy atom. The Labute approximate surface area is 323 Å². The number of hydrogen-bond donors (Lipinski definition) is 17. The Morgan fingerprint density at radius 1 is 0.737 bits per heavy atom. The number of carboxylic acids is 1. The lowest BCUT2D eigenvalue weighted by Crippen LogP contribution is -2.72. The third kappa shape index (κ3) is 11.5. The Balaban J connectivity index is 1.98. The largest absolute Gasteiger partial charge is 0.477 e. The molecule has 0 aromatic carbocycles. The van der Waals surface area contributed by atoms with Crippen molar-refractivity contribution in [3.05, 3.63) is 0 Å². The van der Waals surface area contributed by atoms with Gasteiger partial charge in [0.15, 0.2) is 12.6 Å². The van der Waals surface area contributed by atoms with Crippen molar-refractivity contribution in [2.24, 2.45) is 0 Å². The summed E-state index contributed by atoms with van der Waals surface area (Å²) in [6.07, 6.45) is -35.0. The summed E-state index contributed by atoms with van der Waals surface area (Å²) < 4.78 is 33.3. The molecule has 3 rings (SSSR count). The first-order valence-corrected chi connectivity index (χ1v) is 17.6. The first-order valence-electron chi connectivity index (χ1n) is 17.6. The predicted molar refractivity (Wildman–Crippen MR) is 176 cm³/mol. The number of rotatable bonds is 19. The normalized spacial score (nSPS) is 39.3. The molecule has 26 nitrogen and oxygen atoms in total. The topological polar surface area (TPSA) is 434 Å². The molecule has 26 heteroatoms. The Hall–Kier alpha value is -2.39. The molecule has 17 N–H and O–H groups in total. The standard InChI is InChI=1S/C31H54N2O24/c1-9(38)32-17-11(40)3-31(30(50)51,56-26(17)20(45)13(42)5-35)57-27-18(33-10(2)39)28(53-16(7-37)22(27)47)52-8-14(43)25(19(44)12(41)4-34)55-29-24(49)23(48)21(46)15(6-36)54-29/h11-29,34-37,40-49H,3-8H2,1-2H3,(H,32,38)(H,33,39)(H,50,51)/t11-,12-,13+,14+,15+,16+,17+,18+,19+,20+,21-,22+,23-,24+,25+,26+,27+,28+,29-,31-/m0/s1. The number of carbonyl (C=O) groups is 3. The number of hydrogen-bond acceptors (Lipinski definition) is 23. The highest BCUT2D eigenvalue weighted by Crippen LogP contribution is 2.38. The molecule has 0 radical (unpaired) electrons. The molecular weight excluding hydrogens is 784 g/mol. The second kappa shape index (κ2) is 21.2. The lowest BCUT2D eigenvalue weighted by molar-refractivity contribution is -0.357. The molecule has 0 aliphatic carbocycles. The number of amides is 2. The fourth-order valence-electron chi connectivity index (χ4n) is 6.56. The van der Waals surface area contributed by atoms with Crippen molar-refractivity contribution in [1.82, 2.24) is 10.6 Å². The van der Waals surface area contributed by atoms with Crippen LogP contribution >= 0.6 is 0 Å². The summed E-state index contributed by atoms with van der Waals surface area (Å²) in [5.74, 6) is -6.81. The molecule has 3 aliphatic heterocycles. The Bertz CT molecular complexity index is 1300. The molecule has 0 aromatic rings. The molecule has 3 saturated heterocycles. The van der Waals surface area contributed by atoms with Crippen LogP contribution in [-0.4, -0.2) is 249 Å². The average Bonchev–Trinajstić information content (AvgIpc) is 3.16. The minimum Gasteiger partial charge on any atom is -0.477 e. The van der Waals surface area contributed by atoms with Crippen molar-refractivity contribution >= 4 is 17.8 Å². The van der Waals surface area contributed by atoms with E-state index < -0.39 is 179 Å². The van der Waals surface area contributed by atoms with Gasteiger partial charge < -0.3 is 116 Å². The molecule has 20 atom stereocenters. The molecular formula is C31H54N2O24. The van der Waals surface area contributed by atoms with E-state index in [4.69, 9.17) is 28.4 Å². The van der Waals surface area contributed by atoms with E-state index >= 15 is 0 Å². The van der Waals surface area contributed by atoms with Gasteiger partial charge in [0, 0.05) is 20.3 Å². The fourth-order valence-corrected chi connectivity index (χ4v) is 6.56. The Kier molecular flexibility index (Phi) is 18.2. The van der Waals surface area contributed by atoms with E-state index in [1.807, 2.05) is 0 Å². The van der Waals surface area contributed by atoms with Crippen LogP contribution in [0.2, 0.25) is 0 Å².